The Labute approximate surface area is 301 Å². The van der Waals surface area contributed by atoms with Crippen LogP contribution in [-0.4, -0.2) is 94.6 Å². The molecule has 2 fully saturated rings. The Morgan fingerprint density at radius 1 is 1.00 bits per heavy atom. The number of likely N-dealkylation sites (N-methyl/N-ethyl adjacent to an activating group) is 1. The molecule has 10 nitrogen and oxygen atoms in total. The van der Waals surface area contributed by atoms with Crippen molar-refractivity contribution in [2.75, 3.05) is 53.0 Å². The Hall–Kier alpha value is -4.71. The van der Waals surface area contributed by atoms with E-state index >= 15 is 0 Å². The maximum atomic E-state index is 14.1. The van der Waals surface area contributed by atoms with Crippen molar-refractivity contribution in [3.8, 4) is 39.6 Å². The highest BCUT2D eigenvalue weighted by Crippen LogP contribution is 2.44. The summed E-state index contributed by atoms with van der Waals surface area (Å²) < 4.78 is 34.2. The van der Waals surface area contributed by atoms with Crippen LogP contribution < -0.4 is 14.2 Å². The van der Waals surface area contributed by atoms with Crippen molar-refractivity contribution in [2.45, 2.75) is 32.3 Å². The van der Waals surface area contributed by atoms with Crippen molar-refractivity contribution >= 4 is 23.1 Å². The van der Waals surface area contributed by atoms with E-state index in [1.165, 1.54) is 18.5 Å². The third kappa shape index (κ3) is 7.96. The van der Waals surface area contributed by atoms with E-state index in [9.17, 15) is 14.3 Å². The van der Waals surface area contributed by atoms with E-state index in [2.05, 4.69) is 26.9 Å². The van der Waals surface area contributed by atoms with Gasteiger partial charge in [0.2, 0.25) is 12.0 Å². The summed E-state index contributed by atoms with van der Waals surface area (Å²) in [5, 5.41) is 15.3. The minimum Gasteiger partial charge on any atom is -0.493 e. The molecule has 1 aliphatic carbocycles. The molecule has 0 amide bonds. The Bertz CT molecular complexity index is 2010. The summed E-state index contributed by atoms with van der Waals surface area (Å²) in [5.74, 6) is 0.330. The first-order chi connectivity index (χ1) is 24.7. The van der Waals surface area contributed by atoms with E-state index < -0.39 is 12.1 Å². The fourth-order valence-corrected chi connectivity index (χ4v) is 6.63. The maximum absolute atomic E-state index is 14.1. The number of rotatable bonds is 14. The number of ether oxygens (including phenoxy) is 3. The van der Waals surface area contributed by atoms with Crippen LogP contribution >= 0.6 is 11.6 Å². The van der Waals surface area contributed by atoms with Crippen molar-refractivity contribution in [2.24, 2.45) is 5.92 Å². The number of piperazine rings is 1. The molecule has 266 valence electrons. The molecule has 1 atom stereocenters. The minimum absolute atomic E-state index is 0.0538. The van der Waals surface area contributed by atoms with Crippen molar-refractivity contribution in [3.05, 3.63) is 95.2 Å². The zero-order valence-corrected chi connectivity index (χ0v) is 29.5. The summed E-state index contributed by atoms with van der Waals surface area (Å²) in [6.07, 6.45) is 4.18. The van der Waals surface area contributed by atoms with Crippen LogP contribution in [0.5, 0.6) is 17.4 Å². The Morgan fingerprint density at radius 3 is 2.51 bits per heavy atom. The highest BCUT2D eigenvalue weighted by molar-refractivity contribution is 6.33. The fraction of sp³-hybridized carbons (Fsp3) is 0.359. The van der Waals surface area contributed by atoms with Crippen molar-refractivity contribution in [1.29, 1.82) is 0 Å². The molecule has 51 heavy (non-hydrogen) atoms. The van der Waals surface area contributed by atoms with E-state index in [0.29, 0.717) is 52.3 Å². The number of aliphatic carboxylic acids is 1. The number of halogens is 2. The average Bonchev–Trinajstić information content (AvgIpc) is 3.88. The molecule has 1 saturated carbocycles. The van der Waals surface area contributed by atoms with Gasteiger partial charge in [0.15, 0.2) is 0 Å². The van der Waals surface area contributed by atoms with Gasteiger partial charge in [-0.1, -0.05) is 48.0 Å². The van der Waals surface area contributed by atoms with Gasteiger partial charge in [-0.25, -0.2) is 13.7 Å². The molecule has 1 N–H and O–H groups in total. The summed E-state index contributed by atoms with van der Waals surface area (Å²) in [7, 11) is 2.13. The number of hydrogen-bond donors (Lipinski definition) is 1. The third-order valence-corrected chi connectivity index (χ3v) is 10.1. The van der Waals surface area contributed by atoms with Crippen molar-refractivity contribution < 1.29 is 28.5 Å². The zero-order valence-electron chi connectivity index (χ0n) is 28.7. The molecule has 2 aliphatic rings. The molecular weight excluding hydrogens is 673 g/mol. The van der Waals surface area contributed by atoms with E-state index in [0.717, 1.165) is 67.8 Å². The highest BCUT2D eigenvalue weighted by Gasteiger charge is 2.28. The van der Waals surface area contributed by atoms with E-state index in [-0.39, 0.29) is 18.1 Å². The predicted octanol–water partition coefficient (Wildman–Crippen LogP) is 6.65. The number of nitrogens with zero attached hydrogens (tertiary/aromatic N) is 5. The first kappa shape index (κ1) is 34.7. The number of carboxylic acid groups (broad SMARTS) is 1. The second-order valence-corrected chi connectivity index (χ2v) is 13.7. The Balaban J connectivity index is 1.23. The van der Waals surface area contributed by atoms with Gasteiger partial charge in [0.1, 0.15) is 35.8 Å². The van der Waals surface area contributed by atoms with E-state index in [1.54, 1.807) is 22.8 Å². The molecule has 2 aromatic heterocycles. The van der Waals surface area contributed by atoms with Crippen LogP contribution in [0.15, 0.2) is 73.2 Å². The van der Waals surface area contributed by atoms with Gasteiger partial charge >= 0.3 is 5.97 Å². The summed E-state index contributed by atoms with van der Waals surface area (Å²) in [4.78, 5) is 21.8. The van der Waals surface area contributed by atoms with Gasteiger partial charge in [0.05, 0.1) is 11.6 Å². The number of aromatic nitrogens is 3. The molecule has 7 rings (SSSR count). The van der Waals surface area contributed by atoms with Gasteiger partial charge in [0.25, 0.3) is 0 Å². The van der Waals surface area contributed by atoms with Gasteiger partial charge in [-0.3, -0.25) is 4.90 Å². The lowest BCUT2D eigenvalue weighted by molar-refractivity contribution is -0.145. The predicted molar refractivity (Wildman–Crippen MR) is 193 cm³/mol. The van der Waals surface area contributed by atoms with Crippen LogP contribution in [0.2, 0.25) is 5.02 Å². The maximum Gasteiger partial charge on any atom is 0.345 e. The van der Waals surface area contributed by atoms with Crippen LogP contribution in [0.4, 0.5) is 4.39 Å². The number of carboxylic acids is 1. The van der Waals surface area contributed by atoms with E-state index in [4.69, 9.17) is 25.8 Å². The summed E-state index contributed by atoms with van der Waals surface area (Å²) in [5.41, 5.74) is 4.78. The van der Waals surface area contributed by atoms with Gasteiger partial charge in [0, 0.05) is 56.5 Å². The minimum atomic E-state index is -1.29. The fourth-order valence-electron chi connectivity index (χ4n) is 6.41. The van der Waals surface area contributed by atoms with Crippen LogP contribution in [0.25, 0.3) is 27.8 Å². The standard InChI is InChI=1S/C39H41ClFN5O5/c1-25-30(13-14-33(36(25)40)49-20-19-45-17-15-44(2)16-18-45)35-31(27-9-11-29(41)12-10-27)22-46-37(35)38(42-24-43-46)51-34(39(47)48)21-28-5-3-4-6-32(28)50-23-26-7-8-26/h3-6,9-14,22,24,26,34H,7-8,15-21,23H2,1-2H3,(H,47,48)/t34-/m0/s1. The largest absolute Gasteiger partial charge is 0.493 e. The molecule has 1 saturated heterocycles. The Morgan fingerprint density at radius 2 is 1.76 bits per heavy atom. The van der Waals surface area contributed by atoms with Crippen molar-refractivity contribution in [3.63, 3.8) is 0 Å². The average molecular weight is 714 g/mol. The number of hydrogen-bond acceptors (Lipinski definition) is 8. The van der Waals surface area contributed by atoms with Gasteiger partial charge in [-0.2, -0.15) is 10.1 Å². The van der Waals surface area contributed by atoms with Crippen LogP contribution in [-0.2, 0) is 11.2 Å². The number of carbonyl (C=O) groups is 1. The topological polar surface area (TPSA) is 102 Å². The molecule has 1 aliphatic heterocycles. The monoisotopic (exact) mass is 713 g/mol. The van der Waals surface area contributed by atoms with Crippen molar-refractivity contribution in [1.82, 2.24) is 24.4 Å². The second-order valence-electron chi connectivity index (χ2n) is 13.3. The highest BCUT2D eigenvalue weighted by atomic mass is 35.5. The van der Waals surface area contributed by atoms with Crippen LogP contribution in [0.1, 0.15) is 24.0 Å². The van der Waals surface area contributed by atoms with E-state index in [1.807, 2.05) is 43.3 Å². The molecule has 5 aromatic rings. The van der Waals surface area contributed by atoms with Crippen LogP contribution in [0.3, 0.4) is 0 Å². The summed E-state index contributed by atoms with van der Waals surface area (Å²) >= 11 is 6.99. The third-order valence-electron chi connectivity index (χ3n) is 9.66. The molecule has 0 spiro atoms. The van der Waals surface area contributed by atoms with Gasteiger partial charge in [-0.05, 0) is 79.3 Å². The molecule has 0 unspecified atom stereocenters. The molecular formula is C39H41ClFN5O5. The molecule has 3 aromatic carbocycles. The summed E-state index contributed by atoms with van der Waals surface area (Å²) in [6.45, 7) is 7.85. The lowest BCUT2D eigenvalue weighted by Gasteiger charge is -2.32. The SMILES string of the molecule is Cc1c(-c2c(-c3ccc(F)cc3)cn3ncnc(O[C@@H](Cc4ccccc4OCC4CC4)C(=O)O)c23)ccc(OCCN2CCN(C)CC2)c1Cl. The molecule has 0 bridgehead atoms. The lowest BCUT2D eigenvalue weighted by atomic mass is 9.94. The summed E-state index contributed by atoms with van der Waals surface area (Å²) in [6, 6.07) is 17.4. The first-order valence-electron chi connectivity index (χ1n) is 17.3. The molecule has 0 radical (unpaired) electrons. The molecule has 12 heteroatoms. The van der Waals surface area contributed by atoms with Gasteiger partial charge in [-0.15, -0.1) is 0 Å². The smallest absolute Gasteiger partial charge is 0.345 e. The van der Waals surface area contributed by atoms with Crippen LogP contribution in [0, 0.1) is 18.7 Å². The number of benzene rings is 3. The Kier molecular flexibility index (Phi) is 10.4. The lowest BCUT2D eigenvalue weighted by Crippen LogP contribution is -2.45. The first-order valence-corrected chi connectivity index (χ1v) is 17.7. The molecule has 3 heterocycles. The number of fused-ring (bicyclic) bond motifs is 1. The quantitative estimate of drug-likeness (QED) is 0.136. The zero-order chi connectivity index (χ0) is 35.5. The normalized spacial score (nSPS) is 15.9. The number of para-hydroxylation sites is 1. The van der Waals surface area contributed by atoms with Gasteiger partial charge < -0.3 is 24.2 Å². The second kappa shape index (κ2) is 15.3.